The molecule has 3 nitrogen and oxygen atoms in total. The number of carbonyl (C=O) groups is 1. The highest BCUT2D eigenvalue weighted by atomic mass is 19.1. The molecule has 0 aliphatic carbocycles. The van der Waals surface area contributed by atoms with Crippen molar-refractivity contribution in [2.45, 2.75) is 6.42 Å². The summed E-state index contributed by atoms with van der Waals surface area (Å²) in [5, 5.41) is 0. The predicted octanol–water partition coefficient (Wildman–Crippen LogP) is 1.78. The van der Waals surface area contributed by atoms with Crippen LogP contribution in [0.25, 0.3) is 0 Å². The van der Waals surface area contributed by atoms with Crippen molar-refractivity contribution in [3.05, 3.63) is 29.6 Å². The van der Waals surface area contributed by atoms with Gasteiger partial charge in [0.15, 0.2) is 0 Å². The minimum atomic E-state index is -0.306. The molecule has 0 radical (unpaired) electrons. The Balaban J connectivity index is 2.18. The molecule has 1 aliphatic rings. The average Bonchev–Trinajstić information content (AvgIpc) is 2.54. The van der Waals surface area contributed by atoms with Gasteiger partial charge in [-0.25, -0.2) is 4.39 Å². The van der Waals surface area contributed by atoms with Gasteiger partial charge in [0.1, 0.15) is 12.1 Å². The van der Waals surface area contributed by atoms with Crippen LogP contribution >= 0.6 is 0 Å². The van der Waals surface area contributed by atoms with Gasteiger partial charge in [-0.15, -0.1) is 0 Å². The third kappa shape index (κ3) is 2.82. The van der Waals surface area contributed by atoms with Crippen LogP contribution in [-0.2, 0) is 0 Å². The Labute approximate surface area is 101 Å². The number of hydrogen-bond acceptors (Lipinski definition) is 3. The number of likely N-dealkylation sites (N-methyl/N-ethyl adjacent to an activating group) is 1. The van der Waals surface area contributed by atoms with Crippen molar-refractivity contribution in [3.63, 3.8) is 0 Å². The third-order valence-electron chi connectivity index (χ3n) is 3.17. The summed E-state index contributed by atoms with van der Waals surface area (Å²) >= 11 is 0. The average molecular weight is 236 g/mol. The summed E-state index contributed by atoms with van der Waals surface area (Å²) in [6.45, 7) is 3.68. The highest BCUT2D eigenvalue weighted by Gasteiger charge is 2.15. The van der Waals surface area contributed by atoms with Crippen molar-refractivity contribution in [3.8, 4) is 0 Å². The van der Waals surface area contributed by atoms with E-state index in [9.17, 15) is 9.18 Å². The molecule has 92 valence electrons. The molecule has 2 rings (SSSR count). The summed E-state index contributed by atoms with van der Waals surface area (Å²) in [4.78, 5) is 14.9. The smallest absolute Gasteiger partial charge is 0.150 e. The van der Waals surface area contributed by atoms with Crippen LogP contribution in [0.3, 0.4) is 0 Å². The fraction of sp³-hybridized carbons (Fsp3) is 0.462. The molecule has 0 saturated carbocycles. The Kier molecular flexibility index (Phi) is 3.74. The van der Waals surface area contributed by atoms with Gasteiger partial charge < -0.3 is 9.80 Å². The molecule has 1 saturated heterocycles. The molecule has 0 N–H and O–H groups in total. The summed E-state index contributed by atoms with van der Waals surface area (Å²) in [5.74, 6) is -0.306. The molecule has 0 aromatic heterocycles. The zero-order valence-corrected chi connectivity index (χ0v) is 10.0. The van der Waals surface area contributed by atoms with E-state index < -0.39 is 0 Å². The summed E-state index contributed by atoms with van der Waals surface area (Å²) in [5.41, 5.74) is 0.990. The maximum absolute atomic E-state index is 13.8. The molecule has 0 atom stereocenters. The van der Waals surface area contributed by atoms with E-state index in [4.69, 9.17) is 0 Å². The first-order valence-corrected chi connectivity index (χ1v) is 5.89. The van der Waals surface area contributed by atoms with Gasteiger partial charge >= 0.3 is 0 Å². The van der Waals surface area contributed by atoms with Gasteiger partial charge in [0, 0.05) is 25.2 Å². The molecule has 1 aromatic carbocycles. The van der Waals surface area contributed by atoms with Crippen LogP contribution in [0.2, 0.25) is 0 Å². The predicted molar refractivity (Wildman–Crippen MR) is 66.1 cm³/mol. The number of aldehydes is 1. The molecule has 1 aromatic rings. The maximum atomic E-state index is 13.8. The van der Waals surface area contributed by atoms with Gasteiger partial charge in [-0.2, -0.15) is 0 Å². The van der Waals surface area contributed by atoms with Gasteiger partial charge in [-0.05, 0) is 38.2 Å². The highest BCUT2D eigenvalue weighted by molar-refractivity contribution is 5.76. The molecular weight excluding hydrogens is 219 g/mol. The van der Waals surface area contributed by atoms with Gasteiger partial charge in [0.25, 0.3) is 0 Å². The monoisotopic (exact) mass is 236 g/mol. The van der Waals surface area contributed by atoms with Gasteiger partial charge in [-0.3, -0.25) is 4.79 Å². The lowest BCUT2D eigenvalue weighted by atomic mass is 10.2. The van der Waals surface area contributed by atoms with Crippen molar-refractivity contribution < 1.29 is 9.18 Å². The first-order chi connectivity index (χ1) is 8.20. The quantitative estimate of drug-likeness (QED) is 0.731. The van der Waals surface area contributed by atoms with E-state index in [1.807, 2.05) is 4.90 Å². The van der Waals surface area contributed by atoms with Crippen molar-refractivity contribution in [2.75, 3.05) is 38.1 Å². The van der Waals surface area contributed by atoms with Gasteiger partial charge in [0.05, 0.1) is 5.69 Å². The second-order valence-corrected chi connectivity index (χ2v) is 4.47. The van der Waals surface area contributed by atoms with E-state index >= 15 is 0 Å². The summed E-state index contributed by atoms with van der Waals surface area (Å²) in [7, 11) is 2.08. The Morgan fingerprint density at radius 2 is 2.06 bits per heavy atom. The molecule has 0 amide bonds. The fourth-order valence-corrected chi connectivity index (χ4v) is 2.14. The fourth-order valence-electron chi connectivity index (χ4n) is 2.14. The molecular formula is C13H17FN2O. The number of benzene rings is 1. The number of halogens is 1. The molecule has 1 aliphatic heterocycles. The molecule has 17 heavy (non-hydrogen) atoms. The van der Waals surface area contributed by atoms with Crippen LogP contribution in [0.15, 0.2) is 18.2 Å². The van der Waals surface area contributed by atoms with Gasteiger partial charge in [-0.1, -0.05) is 0 Å². The van der Waals surface area contributed by atoms with Crippen LogP contribution in [-0.4, -0.2) is 44.4 Å². The first kappa shape index (κ1) is 12.0. The standard InChI is InChI=1S/C13H17FN2O/c1-15-5-2-6-16(8-7-15)13-4-3-11(10-17)9-12(13)14/h3-4,9-10H,2,5-8H2,1H3. The maximum Gasteiger partial charge on any atom is 0.150 e. The SMILES string of the molecule is CN1CCCN(c2ccc(C=O)cc2F)CC1. The topological polar surface area (TPSA) is 23.6 Å². The minimum absolute atomic E-state index is 0.306. The normalized spacial score (nSPS) is 17.9. The molecule has 0 bridgehead atoms. The molecule has 4 heteroatoms. The zero-order chi connectivity index (χ0) is 12.3. The number of nitrogens with zero attached hydrogens (tertiary/aromatic N) is 2. The highest BCUT2D eigenvalue weighted by Crippen LogP contribution is 2.21. The Morgan fingerprint density at radius 3 is 2.76 bits per heavy atom. The zero-order valence-electron chi connectivity index (χ0n) is 10.0. The van der Waals surface area contributed by atoms with E-state index in [2.05, 4.69) is 11.9 Å². The van der Waals surface area contributed by atoms with Crippen LogP contribution in [0.4, 0.5) is 10.1 Å². The lowest BCUT2D eigenvalue weighted by molar-refractivity contribution is 0.112. The first-order valence-electron chi connectivity index (χ1n) is 5.89. The number of hydrogen-bond donors (Lipinski definition) is 0. The molecule has 0 unspecified atom stereocenters. The van der Waals surface area contributed by atoms with E-state index in [1.54, 1.807) is 12.1 Å². The third-order valence-corrected chi connectivity index (χ3v) is 3.17. The Bertz CT molecular complexity index is 408. The summed E-state index contributed by atoms with van der Waals surface area (Å²) < 4.78 is 13.8. The molecule has 1 heterocycles. The number of rotatable bonds is 2. The van der Waals surface area contributed by atoms with Crippen LogP contribution in [0.1, 0.15) is 16.8 Å². The van der Waals surface area contributed by atoms with Crippen LogP contribution < -0.4 is 4.90 Å². The second kappa shape index (κ2) is 5.27. The van der Waals surface area contributed by atoms with Crippen molar-refractivity contribution in [1.82, 2.24) is 4.90 Å². The number of carbonyl (C=O) groups excluding carboxylic acids is 1. The van der Waals surface area contributed by atoms with E-state index in [0.717, 1.165) is 32.6 Å². The summed E-state index contributed by atoms with van der Waals surface area (Å²) in [6, 6.07) is 4.67. The van der Waals surface area contributed by atoms with Crippen LogP contribution in [0, 0.1) is 5.82 Å². The lowest BCUT2D eigenvalue weighted by Crippen LogP contribution is -2.29. The van der Waals surface area contributed by atoms with Crippen molar-refractivity contribution in [1.29, 1.82) is 0 Å². The Morgan fingerprint density at radius 1 is 1.24 bits per heavy atom. The van der Waals surface area contributed by atoms with Crippen LogP contribution in [0.5, 0.6) is 0 Å². The van der Waals surface area contributed by atoms with E-state index in [-0.39, 0.29) is 5.82 Å². The Hall–Kier alpha value is -1.42. The molecule has 1 fully saturated rings. The largest absolute Gasteiger partial charge is 0.368 e. The lowest BCUT2D eigenvalue weighted by Gasteiger charge is -2.23. The minimum Gasteiger partial charge on any atom is -0.368 e. The van der Waals surface area contributed by atoms with E-state index in [1.165, 1.54) is 6.07 Å². The van der Waals surface area contributed by atoms with E-state index in [0.29, 0.717) is 17.5 Å². The van der Waals surface area contributed by atoms with Crippen molar-refractivity contribution in [2.24, 2.45) is 0 Å². The second-order valence-electron chi connectivity index (χ2n) is 4.47. The molecule has 0 spiro atoms. The number of anilines is 1. The summed E-state index contributed by atoms with van der Waals surface area (Å²) in [6.07, 6.45) is 1.70. The van der Waals surface area contributed by atoms with Crippen molar-refractivity contribution >= 4 is 12.0 Å². The van der Waals surface area contributed by atoms with Gasteiger partial charge in [0.2, 0.25) is 0 Å².